The number of likely N-dealkylation sites (N-methyl/N-ethyl adjacent to an activating group) is 1. The topological polar surface area (TPSA) is 29.3 Å². The molecular formula is C15H22F2N2. The van der Waals surface area contributed by atoms with Crippen LogP contribution >= 0.6 is 0 Å². The highest BCUT2D eigenvalue weighted by Gasteiger charge is 2.29. The average Bonchev–Trinajstić information content (AvgIpc) is 2.93. The molecule has 19 heavy (non-hydrogen) atoms. The number of nitrogens with two attached hydrogens (primary N) is 1. The Kier molecular flexibility index (Phi) is 4.88. The summed E-state index contributed by atoms with van der Waals surface area (Å²) in [6.07, 6.45) is 4.68. The molecule has 1 aliphatic carbocycles. The van der Waals surface area contributed by atoms with Crippen molar-refractivity contribution in [3.63, 3.8) is 0 Å². The summed E-state index contributed by atoms with van der Waals surface area (Å²) < 4.78 is 27.4. The fourth-order valence-corrected chi connectivity index (χ4v) is 3.19. The molecule has 106 valence electrons. The van der Waals surface area contributed by atoms with E-state index in [4.69, 9.17) is 5.73 Å². The molecule has 1 aromatic rings. The predicted octanol–water partition coefficient (Wildman–Crippen LogP) is 3.23. The van der Waals surface area contributed by atoms with Gasteiger partial charge in [0.05, 0.1) is 6.04 Å². The van der Waals surface area contributed by atoms with E-state index in [1.165, 1.54) is 12.8 Å². The molecule has 0 saturated heterocycles. The van der Waals surface area contributed by atoms with E-state index in [9.17, 15) is 8.78 Å². The van der Waals surface area contributed by atoms with Crippen LogP contribution in [-0.4, -0.2) is 24.0 Å². The maximum atomic E-state index is 14.0. The van der Waals surface area contributed by atoms with Crippen molar-refractivity contribution in [2.24, 2.45) is 5.73 Å². The van der Waals surface area contributed by atoms with Crippen molar-refractivity contribution < 1.29 is 8.78 Å². The van der Waals surface area contributed by atoms with Crippen LogP contribution in [0.4, 0.5) is 8.78 Å². The van der Waals surface area contributed by atoms with Gasteiger partial charge in [0.1, 0.15) is 0 Å². The highest BCUT2D eigenvalue weighted by molar-refractivity contribution is 5.23. The molecule has 0 radical (unpaired) electrons. The second-order valence-corrected chi connectivity index (χ2v) is 5.16. The largest absolute Gasteiger partial charge is 0.329 e. The lowest BCUT2D eigenvalue weighted by Gasteiger charge is -2.35. The number of hydrogen-bond donors (Lipinski definition) is 1. The minimum absolute atomic E-state index is 0.233. The normalized spacial score (nSPS) is 18.2. The van der Waals surface area contributed by atoms with Gasteiger partial charge in [0.15, 0.2) is 11.6 Å². The molecular weight excluding hydrogens is 246 g/mol. The van der Waals surface area contributed by atoms with Crippen LogP contribution in [0.1, 0.15) is 44.2 Å². The molecule has 4 heteroatoms. The van der Waals surface area contributed by atoms with Crippen LogP contribution in [0.5, 0.6) is 0 Å². The summed E-state index contributed by atoms with van der Waals surface area (Å²) >= 11 is 0. The molecule has 0 bridgehead atoms. The van der Waals surface area contributed by atoms with Crippen molar-refractivity contribution in [2.45, 2.75) is 44.7 Å². The Morgan fingerprint density at radius 2 is 2.00 bits per heavy atom. The molecule has 1 fully saturated rings. The van der Waals surface area contributed by atoms with E-state index in [-0.39, 0.29) is 6.04 Å². The summed E-state index contributed by atoms with van der Waals surface area (Å²) in [4.78, 5) is 2.23. The van der Waals surface area contributed by atoms with Gasteiger partial charge in [0, 0.05) is 18.2 Å². The minimum Gasteiger partial charge on any atom is -0.329 e. The first-order chi connectivity index (χ1) is 9.19. The van der Waals surface area contributed by atoms with Gasteiger partial charge in [-0.1, -0.05) is 31.9 Å². The van der Waals surface area contributed by atoms with Crippen LogP contribution in [0.15, 0.2) is 18.2 Å². The summed E-state index contributed by atoms with van der Waals surface area (Å²) in [6, 6.07) is 4.56. The minimum atomic E-state index is -0.793. The molecule has 2 rings (SSSR count). The monoisotopic (exact) mass is 268 g/mol. The van der Waals surface area contributed by atoms with E-state index in [2.05, 4.69) is 11.8 Å². The van der Waals surface area contributed by atoms with Crippen molar-refractivity contribution in [1.82, 2.24) is 4.90 Å². The number of benzene rings is 1. The van der Waals surface area contributed by atoms with E-state index in [1.54, 1.807) is 12.1 Å². The number of hydrogen-bond acceptors (Lipinski definition) is 2. The zero-order valence-corrected chi connectivity index (χ0v) is 11.4. The Morgan fingerprint density at radius 3 is 2.58 bits per heavy atom. The third-order valence-corrected chi connectivity index (χ3v) is 4.12. The molecule has 1 aliphatic rings. The zero-order valence-electron chi connectivity index (χ0n) is 11.4. The van der Waals surface area contributed by atoms with Gasteiger partial charge in [-0.3, -0.25) is 4.90 Å². The van der Waals surface area contributed by atoms with Gasteiger partial charge in [-0.2, -0.15) is 0 Å². The van der Waals surface area contributed by atoms with Crippen LogP contribution in [0, 0.1) is 11.6 Å². The van der Waals surface area contributed by atoms with Gasteiger partial charge >= 0.3 is 0 Å². The lowest BCUT2D eigenvalue weighted by Crippen LogP contribution is -2.40. The van der Waals surface area contributed by atoms with Gasteiger partial charge in [0.2, 0.25) is 0 Å². The van der Waals surface area contributed by atoms with Crippen molar-refractivity contribution >= 4 is 0 Å². The third kappa shape index (κ3) is 2.95. The molecule has 0 aromatic heterocycles. The van der Waals surface area contributed by atoms with Crippen LogP contribution < -0.4 is 5.73 Å². The lowest BCUT2D eigenvalue weighted by molar-refractivity contribution is 0.144. The fourth-order valence-electron chi connectivity index (χ4n) is 3.19. The molecule has 1 saturated carbocycles. The van der Waals surface area contributed by atoms with Crippen LogP contribution in [0.25, 0.3) is 0 Å². The molecule has 0 aliphatic heterocycles. The van der Waals surface area contributed by atoms with Crippen LogP contribution in [0.2, 0.25) is 0 Å². The lowest BCUT2D eigenvalue weighted by atomic mass is 10.0. The second-order valence-electron chi connectivity index (χ2n) is 5.16. The second kappa shape index (κ2) is 6.44. The van der Waals surface area contributed by atoms with E-state index in [0.29, 0.717) is 18.2 Å². The molecule has 2 nitrogen and oxygen atoms in total. The summed E-state index contributed by atoms with van der Waals surface area (Å²) in [5.74, 6) is -1.55. The Hall–Kier alpha value is -1.00. The van der Waals surface area contributed by atoms with Crippen molar-refractivity contribution in [3.05, 3.63) is 35.4 Å². The number of halogens is 2. The Labute approximate surface area is 113 Å². The summed E-state index contributed by atoms with van der Waals surface area (Å²) in [5, 5.41) is 0. The van der Waals surface area contributed by atoms with Gasteiger partial charge in [-0.05, 0) is 25.5 Å². The van der Waals surface area contributed by atoms with Crippen molar-refractivity contribution in [2.75, 3.05) is 13.1 Å². The van der Waals surface area contributed by atoms with Crippen LogP contribution in [0.3, 0.4) is 0 Å². The van der Waals surface area contributed by atoms with Crippen molar-refractivity contribution in [3.8, 4) is 0 Å². The molecule has 1 unspecified atom stereocenters. The van der Waals surface area contributed by atoms with E-state index in [1.807, 2.05) is 0 Å². The van der Waals surface area contributed by atoms with Gasteiger partial charge in [0.25, 0.3) is 0 Å². The summed E-state index contributed by atoms with van der Waals surface area (Å²) in [7, 11) is 0. The van der Waals surface area contributed by atoms with Crippen LogP contribution in [-0.2, 0) is 0 Å². The van der Waals surface area contributed by atoms with Crippen molar-refractivity contribution in [1.29, 1.82) is 0 Å². The maximum absolute atomic E-state index is 14.0. The quantitative estimate of drug-likeness (QED) is 0.888. The summed E-state index contributed by atoms with van der Waals surface area (Å²) in [5.41, 5.74) is 6.22. The molecule has 2 N–H and O–H groups in total. The summed E-state index contributed by atoms with van der Waals surface area (Å²) in [6.45, 7) is 3.17. The van der Waals surface area contributed by atoms with Gasteiger partial charge in [-0.15, -0.1) is 0 Å². The zero-order chi connectivity index (χ0) is 13.8. The molecule has 0 spiro atoms. The number of rotatable bonds is 5. The smallest absolute Gasteiger partial charge is 0.163 e. The number of nitrogens with zero attached hydrogens (tertiary/aromatic N) is 1. The standard InChI is InChI=1S/C15H22F2N2/c1-2-19(11-6-3-4-7-11)14(10-18)12-8-5-9-13(16)15(12)17/h5,8-9,11,14H,2-4,6-7,10,18H2,1H3. The van der Waals surface area contributed by atoms with E-state index < -0.39 is 11.6 Å². The molecule has 0 heterocycles. The Bertz CT molecular complexity index is 417. The molecule has 1 atom stereocenters. The first kappa shape index (κ1) is 14.4. The first-order valence-electron chi connectivity index (χ1n) is 7.08. The SMILES string of the molecule is CCN(C1CCCC1)C(CN)c1cccc(F)c1F. The predicted molar refractivity (Wildman–Crippen MR) is 72.8 cm³/mol. The fraction of sp³-hybridized carbons (Fsp3) is 0.600. The Morgan fingerprint density at radius 1 is 1.32 bits per heavy atom. The molecule has 0 amide bonds. The third-order valence-electron chi connectivity index (χ3n) is 4.12. The van der Waals surface area contributed by atoms with Gasteiger partial charge < -0.3 is 5.73 Å². The van der Waals surface area contributed by atoms with E-state index >= 15 is 0 Å². The maximum Gasteiger partial charge on any atom is 0.163 e. The van der Waals surface area contributed by atoms with Gasteiger partial charge in [-0.25, -0.2) is 8.78 Å². The Balaban J connectivity index is 2.28. The highest BCUT2D eigenvalue weighted by atomic mass is 19.2. The first-order valence-corrected chi connectivity index (χ1v) is 7.08. The van der Waals surface area contributed by atoms with E-state index in [0.717, 1.165) is 25.5 Å². The molecule has 1 aromatic carbocycles. The average molecular weight is 268 g/mol. The highest BCUT2D eigenvalue weighted by Crippen LogP contribution is 2.31.